The summed E-state index contributed by atoms with van der Waals surface area (Å²) >= 11 is 5.54. The van der Waals surface area contributed by atoms with Crippen molar-refractivity contribution in [3.8, 4) is 0 Å². The summed E-state index contributed by atoms with van der Waals surface area (Å²) in [7, 11) is 1.60. The molecule has 2 N–H and O–H groups in total. The molecular formula is C16H19ClF3N3O2. The second-order valence-corrected chi connectivity index (χ2v) is 6.52. The Bertz CT molecular complexity index is 663. The number of carbonyl (C=O) groups excluding carboxylic acids is 2. The molecule has 2 amide bonds. The van der Waals surface area contributed by atoms with E-state index in [0.717, 1.165) is 25.0 Å². The quantitative estimate of drug-likeness (QED) is 0.801. The molecule has 138 valence electrons. The highest BCUT2D eigenvalue weighted by Crippen LogP contribution is 2.36. The second-order valence-electron chi connectivity index (χ2n) is 6.11. The van der Waals surface area contributed by atoms with Gasteiger partial charge in [0.15, 0.2) is 0 Å². The van der Waals surface area contributed by atoms with Crippen LogP contribution >= 0.6 is 11.6 Å². The van der Waals surface area contributed by atoms with Gasteiger partial charge in [0.05, 0.1) is 23.2 Å². The summed E-state index contributed by atoms with van der Waals surface area (Å²) in [5, 5.41) is 4.79. The van der Waals surface area contributed by atoms with E-state index >= 15 is 0 Å². The monoisotopic (exact) mass is 377 g/mol. The molecule has 1 aliphatic carbocycles. The van der Waals surface area contributed by atoms with Crippen molar-refractivity contribution in [2.45, 2.75) is 38.0 Å². The van der Waals surface area contributed by atoms with Crippen molar-refractivity contribution in [1.29, 1.82) is 0 Å². The molecule has 25 heavy (non-hydrogen) atoms. The van der Waals surface area contributed by atoms with E-state index in [1.807, 2.05) is 0 Å². The highest BCUT2D eigenvalue weighted by atomic mass is 35.5. The molecule has 9 heteroatoms. The lowest BCUT2D eigenvalue weighted by Crippen LogP contribution is -2.46. The fourth-order valence-corrected chi connectivity index (χ4v) is 2.36. The van der Waals surface area contributed by atoms with Crippen molar-refractivity contribution in [3.63, 3.8) is 0 Å². The van der Waals surface area contributed by atoms with E-state index in [1.54, 1.807) is 14.0 Å². The van der Waals surface area contributed by atoms with Crippen molar-refractivity contribution in [2.24, 2.45) is 0 Å². The fourth-order valence-electron chi connectivity index (χ4n) is 2.13. The average molecular weight is 378 g/mol. The maximum Gasteiger partial charge on any atom is 0.417 e. The number of carbonyl (C=O) groups is 2. The predicted molar refractivity (Wildman–Crippen MR) is 88.3 cm³/mol. The van der Waals surface area contributed by atoms with E-state index in [4.69, 9.17) is 11.6 Å². The van der Waals surface area contributed by atoms with Gasteiger partial charge in [0.2, 0.25) is 11.8 Å². The first-order valence-electron chi connectivity index (χ1n) is 7.75. The lowest BCUT2D eigenvalue weighted by Gasteiger charge is -2.23. The number of alkyl halides is 3. The Kier molecular flexibility index (Phi) is 5.95. The molecule has 1 fully saturated rings. The van der Waals surface area contributed by atoms with Crippen LogP contribution in [0.1, 0.15) is 25.3 Å². The molecule has 1 unspecified atom stereocenters. The normalized spacial score (nSPS) is 15.8. The second kappa shape index (κ2) is 7.61. The lowest BCUT2D eigenvalue weighted by molar-refractivity contribution is -0.137. The van der Waals surface area contributed by atoms with Gasteiger partial charge in [0.25, 0.3) is 0 Å². The number of benzene rings is 1. The van der Waals surface area contributed by atoms with E-state index in [0.29, 0.717) is 0 Å². The van der Waals surface area contributed by atoms with Crippen LogP contribution in [0.3, 0.4) is 0 Å². The number of amides is 2. The van der Waals surface area contributed by atoms with Gasteiger partial charge in [-0.1, -0.05) is 11.6 Å². The number of rotatable bonds is 6. The van der Waals surface area contributed by atoms with E-state index in [-0.39, 0.29) is 24.2 Å². The molecule has 1 aliphatic rings. The Balaban J connectivity index is 1.94. The number of nitrogens with zero attached hydrogens (tertiary/aromatic N) is 1. The Morgan fingerprint density at radius 1 is 1.36 bits per heavy atom. The van der Waals surface area contributed by atoms with Gasteiger partial charge in [-0.25, -0.2) is 0 Å². The molecule has 1 aromatic rings. The summed E-state index contributed by atoms with van der Waals surface area (Å²) in [5.41, 5.74) is -1.03. The van der Waals surface area contributed by atoms with Crippen LogP contribution in [0, 0.1) is 0 Å². The number of nitrogens with one attached hydrogen (secondary N) is 2. The van der Waals surface area contributed by atoms with Crippen molar-refractivity contribution in [3.05, 3.63) is 28.8 Å². The minimum Gasteiger partial charge on any atom is -0.352 e. The van der Waals surface area contributed by atoms with Gasteiger partial charge in [0, 0.05) is 11.7 Å². The van der Waals surface area contributed by atoms with Crippen LogP contribution in [-0.4, -0.2) is 42.4 Å². The first kappa shape index (κ1) is 19.5. The zero-order chi connectivity index (χ0) is 18.8. The minimum absolute atomic E-state index is 0.00906. The first-order valence-corrected chi connectivity index (χ1v) is 8.13. The summed E-state index contributed by atoms with van der Waals surface area (Å²) in [6.45, 7) is 1.53. The Labute approximate surface area is 148 Å². The average Bonchev–Trinajstić information content (AvgIpc) is 3.31. The summed E-state index contributed by atoms with van der Waals surface area (Å²) in [4.78, 5) is 25.5. The third-order valence-corrected chi connectivity index (χ3v) is 4.24. The molecule has 2 rings (SSSR count). The lowest BCUT2D eigenvalue weighted by atomic mass is 10.2. The van der Waals surface area contributed by atoms with Crippen molar-refractivity contribution < 1.29 is 22.8 Å². The molecule has 5 nitrogen and oxygen atoms in total. The van der Waals surface area contributed by atoms with Gasteiger partial charge < -0.3 is 10.6 Å². The largest absolute Gasteiger partial charge is 0.417 e. The number of hydrogen-bond acceptors (Lipinski definition) is 3. The van der Waals surface area contributed by atoms with Gasteiger partial charge in [0.1, 0.15) is 0 Å². The zero-order valence-corrected chi connectivity index (χ0v) is 14.5. The predicted octanol–water partition coefficient (Wildman–Crippen LogP) is 2.90. The molecule has 1 atom stereocenters. The van der Waals surface area contributed by atoms with Crippen LogP contribution in [-0.2, 0) is 15.8 Å². The van der Waals surface area contributed by atoms with Crippen LogP contribution in [0.4, 0.5) is 18.9 Å². The van der Waals surface area contributed by atoms with Crippen LogP contribution in [0.15, 0.2) is 18.2 Å². The molecule has 0 aliphatic heterocycles. The number of halogens is 4. The maximum absolute atomic E-state index is 12.8. The Morgan fingerprint density at radius 2 is 2.00 bits per heavy atom. The third-order valence-electron chi connectivity index (χ3n) is 3.91. The highest BCUT2D eigenvalue weighted by molar-refractivity contribution is 6.31. The third kappa shape index (κ3) is 5.61. The standard InChI is InChI=1S/C16H19ClF3N3O2/c1-9(15(25)22-10-3-4-10)23(2)8-14(24)21-11-5-6-13(17)12(7-11)16(18,19)20/h5-7,9-10H,3-4,8H2,1-2H3,(H,21,24)(H,22,25). The molecule has 0 saturated heterocycles. The highest BCUT2D eigenvalue weighted by Gasteiger charge is 2.33. The maximum atomic E-state index is 12.8. The summed E-state index contributed by atoms with van der Waals surface area (Å²) < 4.78 is 38.5. The topological polar surface area (TPSA) is 61.4 Å². The van der Waals surface area contributed by atoms with E-state index in [2.05, 4.69) is 10.6 Å². The van der Waals surface area contributed by atoms with Gasteiger partial charge in [-0.3, -0.25) is 14.5 Å². The molecule has 0 bridgehead atoms. The van der Waals surface area contributed by atoms with Crippen LogP contribution in [0.5, 0.6) is 0 Å². The molecule has 1 aromatic carbocycles. The smallest absolute Gasteiger partial charge is 0.352 e. The van der Waals surface area contributed by atoms with Crippen LogP contribution < -0.4 is 10.6 Å². The van der Waals surface area contributed by atoms with Gasteiger partial charge in [-0.2, -0.15) is 13.2 Å². The number of hydrogen-bond donors (Lipinski definition) is 2. The van der Waals surface area contributed by atoms with Gasteiger partial charge in [-0.05, 0) is 45.0 Å². The van der Waals surface area contributed by atoms with Crippen molar-refractivity contribution in [1.82, 2.24) is 10.2 Å². The first-order chi connectivity index (χ1) is 11.6. The fraction of sp³-hybridized carbons (Fsp3) is 0.500. The number of anilines is 1. The van der Waals surface area contributed by atoms with E-state index < -0.39 is 28.7 Å². The summed E-state index contributed by atoms with van der Waals surface area (Å²) in [6, 6.07) is 2.84. The molecule has 1 saturated carbocycles. The van der Waals surface area contributed by atoms with Gasteiger partial charge in [-0.15, -0.1) is 0 Å². The van der Waals surface area contributed by atoms with E-state index in [1.165, 1.54) is 11.0 Å². The Morgan fingerprint density at radius 3 is 2.56 bits per heavy atom. The molecule has 0 radical (unpaired) electrons. The summed E-state index contributed by atoms with van der Waals surface area (Å²) in [5.74, 6) is -0.701. The molecule has 0 aromatic heterocycles. The van der Waals surface area contributed by atoms with Gasteiger partial charge >= 0.3 is 6.18 Å². The zero-order valence-electron chi connectivity index (χ0n) is 13.8. The summed E-state index contributed by atoms with van der Waals surface area (Å²) in [6.07, 6.45) is -2.69. The van der Waals surface area contributed by atoms with E-state index in [9.17, 15) is 22.8 Å². The van der Waals surface area contributed by atoms with Crippen LogP contribution in [0.2, 0.25) is 5.02 Å². The molecule has 0 heterocycles. The number of likely N-dealkylation sites (N-methyl/N-ethyl adjacent to an activating group) is 1. The minimum atomic E-state index is -4.61. The van der Waals surface area contributed by atoms with Crippen molar-refractivity contribution >= 4 is 29.1 Å². The van der Waals surface area contributed by atoms with Crippen LogP contribution in [0.25, 0.3) is 0 Å². The SMILES string of the molecule is CC(C(=O)NC1CC1)N(C)CC(=O)Nc1ccc(Cl)c(C(F)(F)F)c1. The molecule has 0 spiro atoms. The molecular weight excluding hydrogens is 359 g/mol. The Hall–Kier alpha value is -1.80. The van der Waals surface area contributed by atoms with Crippen molar-refractivity contribution in [2.75, 3.05) is 18.9 Å².